The summed E-state index contributed by atoms with van der Waals surface area (Å²) in [4.78, 5) is 0. The molecule has 0 heterocycles. The summed E-state index contributed by atoms with van der Waals surface area (Å²) < 4.78 is 11.0. The summed E-state index contributed by atoms with van der Waals surface area (Å²) in [6, 6.07) is 14.9. The van der Waals surface area contributed by atoms with Gasteiger partial charge in [0.1, 0.15) is 5.75 Å². The molecule has 90 valence electrons. The van der Waals surface area contributed by atoms with E-state index in [9.17, 15) is 0 Å². The van der Waals surface area contributed by atoms with Crippen molar-refractivity contribution in [3.63, 3.8) is 0 Å². The van der Waals surface area contributed by atoms with Gasteiger partial charge < -0.3 is 9.47 Å². The van der Waals surface area contributed by atoms with Crippen LogP contribution >= 0.6 is 0 Å². The number of benzene rings is 2. The number of methoxy groups -OCH3 is 1. The van der Waals surface area contributed by atoms with Gasteiger partial charge in [0.25, 0.3) is 0 Å². The Kier molecular flexibility index (Phi) is 3.49. The lowest BCUT2D eigenvalue weighted by Crippen LogP contribution is -1.92. The molecule has 0 radical (unpaired) electrons. The van der Waals surface area contributed by atoms with E-state index in [0.29, 0.717) is 17.1 Å². The highest BCUT2D eigenvalue weighted by Crippen LogP contribution is 2.32. The Morgan fingerprint density at radius 1 is 1.00 bits per heavy atom. The van der Waals surface area contributed by atoms with E-state index in [1.165, 1.54) is 0 Å². The van der Waals surface area contributed by atoms with Crippen molar-refractivity contribution in [3.05, 3.63) is 53.6 Å². The molecule has 0 bridgehead atoms. The lowest BCUT2D eigenvalue weighted by Gasteiger charge is -2.11. The van der Waals surface area contributed by atoms with Gasteiger partial charge in [-0.05, 0) is 42.8 Å². The molecule has 0 aromatic heterocycles. The first-order chi connectivity index (χ1) is 8.74. The van der Waals surface area contributed by atoms with Gasteiger partial charge in [0.2, 0.25) is 0 Å². The fourth-order valence-corrected chi connectivity index (χ4v) is 1.66. The second-order valence-corrected chi connectivity index (χ2v) is 3.85. The van der Waals surface area contributed by atoms with Gasteiger partial charge in [0, 0.05) is 0 Å². The average molecular weight is 239 g/mol. The molecule has 0 aliphatic rings. The van der Waals surface area contributed by atoms with E-state index >= 15 is 0 Å². The van der Waals surface area contributed by atoms with Crippen LogP contribution in [-0.2, 0) is 0 Å². The Morgan fingerprint density at radius 3 is 2.33 bits per heavy atom. The SMILES string of the molecule is COc1ccccc1Oc1ccc(C#N)cc1C. The van der Waals surface area contributed by atoms with Crippen LogP contribution in [0.2, 0.25) is 0 Å². The van der Waals surface area contributed by atoms with E-state index in [1.807, 2.05) is 31.2 Å². The van der Waals surface area contributed by atoms with E-state index in [0.717, 1.165) is 11.3 Å². The van der Waals surface area contributed by atoms with Gasteiger partial charge in [-0.15, -0.1) is 0 Å². The smallest absolute Gasteiger partial charge is 0.169 e. The van der Waals surface area contributed by atoms with Gasteiger partial charge >= 0.3 is 0 Å². The van der Waals surface area contributed by atoms with Gasteiger partial charge in [-0.2, -0.15) is 5.26 Å². The number of hydrogen-bond donors (Lipinski definition) is 0. The second-order valence-electron chi connectivity index (χ2n) is 3.85. The molecule has 0 N–H and O–H groups in total. The minimum atomic E-state index is 0.625. The highest BCUT2D eigenvalue weighted by molar-refractivity contribution is 5.47. The van der Waals surface area contributed by atoms with Crippen molar-refractivity contribution in [3.8, 4) is 23.3 Å². The first kappa shape index (κ1) is 12.0. The van der Waals surface area contributed by atoms with Crippen LogP contribution in [0.4, 0.5) is 0 Å². The zero-order valence-corrected chi connectivity index (χ0v) is 10.3. The molecular weight excluding hydrogens is 226 g/mol. The number of nitrogens with zero attached hydrogens (tertiary/aromatic N) is 1. The summed E-state index contributed by atoms with van der Waals surface area (Å²) in [5.74, 6) is 2.06. The van der Waals surface area contributed by atoms with Crippen molar-refractivity contribution in [2.24, 2.45) is 0 Å². The van der Waals surface area contributed by atoms with Crippen molar-refractivity contribution in [2.45, 2.75) is 6.92 Å². The number of hydrogen-bond acceptors (Lipinski definition) is 3. The molecule has 3 nitrogen and oxygen atoms in total. The highest BCUT2D eigenvalue weighted by atomic mass is 16.5. The van der Waals surface area contributed by atoms with Crippen molar-refractivity contribution >= 4 is 0 Å². The van der Waals surface area contributed by atoms with E-state index in [2.05, 4.69) is 6.07 Å². The van der Waals surface area contributed by atoms with Gasteiger partial charge in [-0.1, -0.05) is 12.1 Å². The number of nitriles is 1. The predicted octanol–water partition coefficient (Wildman–Crippen LogP) is 3.67. The van der Waals surface area contributed by atoms with Crippen molar-refractivity contribution in [1.82, 2.24) is 0 Å². The molecule has 0 saturated carbocycles. The van der Waals surface area contributed by atoms with Crippen LogP contribution in [0.5, 0.6) is 17.2 Å². The number of ether oxygens (including phenoxy) is 2. The third kappa shape index (κ3) is 2.44. The standard InChI is InChI=1S/C15H13NO2/c1-11-9-12(10-16)7-8-13(11)18-15-6-4-3-5-14(15)17-2/h3-9H,1-2H3. The van der Waals surface area contributed by atoms with Crippen LogP contribution in [0, 0.1) is 18.3 Å². The van der Waals surface area contributed by atoms with Crippen molar-refractivity contribution in [2.75, 3.05) is 7.11 Å². The maximum absolute atomic E-state index is 8.81. The van der Waals surface area contributed by atoms with Crippen molar-refractivity contribution in [1.29, 1.82) is 5.26 Å². The third-order valence-corrected chi connectivity index (χ3v) is 2.59. The van der Waals surface area contributed by atoms with Gasteiger partial charge in [0.15, 0.2) is 11.5 Å². The normalized spacial score (nSPS) is 9.61. The Morgan fingerprint density at radius 2 is 1.72 bits per heavy atom. The van der Waals surface area contributed by atoms with Crippen LogP contribution in [0.15, 0.2) is 42.5 Å². The van der Waals surface area contributed by atoms with E-state index < -0.39 is 0 Å². The molecule has 0 unspecified atom stereocenters. The Bertz CT molecular complexity index is 600. The minimum Gasteiger partial charge on any atom is -0.493 e. The maximum atomic E-state index is 8.81. The van der Waals surface area contributed by atoms with Crippen LogP contribution in [-0.4, -0.2) is 7.11 Å². The fraction of sp³-hybridized carbons (Fsp3) is 0.133. The van der Waals surface area contributed by atoms with E-state index in [-0.39, 0.29) is 0 Å². The lowest BCUT2D eigenvalue weighted by molar-refractivity contribution is 0.378. The average Bonchev–Trinajstić information content (AvgIpc) is 2.41. The predicted molar refractivity (Wildman–Crippen MR) is 69.0 cm³/mol. The van der Waals surface area contributed by atoms with Crippen LogP contribution in [0.1, 0.15) is 11.1 Å². The monoisotopic (exact) mass is 239 g/mol. The highest BCUT2D eigenvalue weighted by Gasteiger charge is 2.06. The van der Waals surface area contributed by atoms with Gasteiger partial charge in [-0.25, -0.2) is 0 Å². The number of rotatable bonds is 3. The molecule has 2 aromatic rings. The van der Waals surface area contributed by atoms with Gasteiger partial charge in [0.05, 0.1) is 18.7 Å². The van der Waals surface area contributed by atoms with E-state index in [1.54, 1.807) is 25.3 Å². The Hall–Kier alpha value is -2.47. The lowest BCUT2D eigenvalue weighted by atomic mass is 10.1. The molecule has 0 spiro atoms. The second kappa shape index (κ2) is 5.24. The topological polar surface area (TPSA) is 42.2 Å². The first-order valence-electron chi connectivity index (χ1n) is 5.56. The quantitative estimate of drug-likeness (QED) is 0.820. The summed E-state index contributed by atoms with van der Waals surface area (Å²) in [5.41, 5.74) is 1.54. The molecule has 2 rings (SSSR count). The molecule has 2 aromatic carbocycles. The summed E-state index contributed by atoms with van der Waals surface area (Å²) >= 11 is 0. The van der Waals surface area contributed by atoms with Crippen molar-refractivity contribution < 1.29 is 9.47 Å². The minimum absolute atomic E-state index is 0.625. The molecule has 0 saturated heterocycles. The fourth-order valence-electron chi connectivity index (χ4n) is 1.66. The van der Waals surface area contributed by atoms with Crippen LogP contribution in [0.25, 0.3) is 0 Å². The number of para-hydroxylation sites is 2. The molecule has 0 aliphatic heterocycles. The first-order valence-corrected chi connectivity index (χ1v) is 5.56. The van der Waals surface area contributed by atoms with Gasteiger partial charge in [-0.3, -0.25) is 0 Å². The Balaban J connectivity index is 2.32. The van der Waals surface area contributed by atoms with Crippen LogP contribution < -0.4 is 9.47 Å². The summed E-state index contributed by atoms with van der Waals surface area (Å²) in [6.07, 6.45) is 0. The zero-order valence-electron chi connectivity index (χ0n) is 10.3. The molecule has 0 aliphatic carbocycles. The Labute approximate surface area is 106 Å². The molecule has 18 heavy (non-hydrogen) atoms. The third-order valence-electron chi connectivity index (χ3n) is 2.59. The largest absolute Gasteiger partial charge is 0.493 e. The molecule has 0 atom stereocenters. The summed E-state index contributed by atoms with van der Waals surface area (Å²) in [6.45, 7) is 1.91. The van der Waals surface area contributed by atoms with Crippen LogP contribution in [0.3, 0.4) is 0 Å². The summed E-state index contributed by atoms with van der Waals surface area (Å²) in [5, 5.41) is 8.81. The zero-order chi connectivity index (χ0) is 13.0. The van der Waals surface area contributed by atoms with E-state index in [4.69, 9.17) is 14.7 Å². The molecule has 0 amide bonds. The molecule has 3 heteroatoms. The summed E-state index contributed by atoms with van der Waals surface area (Å²) in [7, 11) is 1.60. The molecular formula is C15H13NO2. The number of aryl methyl sites for hydroxylation is 1. The molecule has 0 fully saturated rings. The maximum Gasteiger partial charge on any atom is 0.169 e.